The van der Waals surface area contributed by atoms with E-state index in [2.05, 4.69) is 68.3 Å². The lowest BCUT2D eigenvalue weighted by Crippen LogP contribution is -2.49. The van der Waals surface area contributed by atoms with Gasteiger partial charge in [0, 0.05) is 5.56 Å². The van der Waals surface area contributed by atoms with Gasteiger partial charge in [-0.15, -0.1) is 19.7 Å². The van der Waals surface area contributed by atoms with Gasteiger partial charge in [-0.05, 0) is 77.0 Å². The number of hydrogen-bond acceptors (Lipinski definition) is 0. The van der Waals surface area contributed by atoms with Crippen LogP contribution in [0.2, 0.25) is 0 Å². The highest BCUT2D eigenvalue weighted by atomic mass is 15.3. The molecule has 0 amide bonds. The molecule has 0 saturated heterocycles. The summed E-state index contributed by atoms with van der Waals surface area (Å²) in [6.45, 7) is 16.9. The van der Waals surface area contributed by atoms with Crippen LogP contribution in [0.4, 0.5) is 0 Å². The minimum Gasteiger partial charge on any atom is -0.320 e. The van der Waals surface area contributed by atoms with Crippen molar-refractivity contribution in [2.24, 2.45) is 0 Å². The second kappa shape index (κ2) is 31.4. The fourth-order valence-corrected chi connectivity index (χ4v) is 6.93. The summed E-state index contributed by atoms with van der Waals surface area (Å²) in [7, 11) is 0. The van der Waals surface area contributed by atoms with E-state index in [-0.39, 0.29) is 0 Å². The number of quaternary nitrogens is 1. The maximum absolute atomic E-state index is 3.86. The molecule has 1 rings (SSSR count). The molecule has 0 saturated carbocycles. The van der Waals surface area contributed by atoms with Crippen molar-refractivity contribution >= 4 is 0 Å². The molecule has 1 heteroatoms. The zero-order valence-electron chi connectivity index (χ0n) is 29.6. The zero-order chi connectivity index (χ0) is 31.7. The van der Waals surface area contributed by atoms with Crippen LogP contribution in [0.1, 0.15) is 179 Å². The van der Waals surface area contributed by atoms with E-state index in [1.807, 2.05) is 0 Å². The monoisotopic (exact) mass is 607 g/mol. The molecular weight excluding hydrogens is 530 g/mol. The van der Waals surface area contributed by atoms with Crippen molar-refractivity contribution in [3.8, 4) is 0 Å². The van der Waals surface area contributed by atoms with Crippen LogP contribution in [0.3, 0.4) is 0 Å². The van der Waals surface area contributed by atoms with Gasteiger partial charge >= 0.3 is 0 Å². The van der Waals surface area contributed by atoms with Crippen LogP contribution in [0.15, 0.2) is 68.3 Å². The molecule has 1 nitrogen and oxygen atoms in total. The van der Waals surface area contributed by atoms with Gasteiger partial charge in [-0.25, -0.2) is 0 Å². The van der Waals surface area contributed by atoms with Gasteiger partial charge in [-0.3, -0.25) is 0 Å². The van der Waals surface area contributed by atoms with Crippen LogP contribution in [-0.2, 0) is 6.54 Å². The molecule has 0 fully saturated rings. The summed E-state index contributed by atoms with van der Waals surface area (Å²) in [6.07, 6.45) is 43.4. The lowest BCUT2D eigenvalue weighted by Gasteiger charge is -2.39. The molecule has 1 aromatic carbocycles. The second-order valence-corrected chi connectivity index (χ2v) is 13.9. The van der Waals surface area contributed by atoms with Crippen molar-refractivity contribution in [2.45, 2.75) is 180 Å². The summed E-state index contributed by atoms with van der Waals surface area (Å²) >= 11 is 0. The van der Waals surface area contributed by atoms with Gasteiger partial charge in [-0.2, -0.15) is 0 Å². The molecule has 0 atom stereocenters. The number of unbranched alkanes of at least 4 members (excludes halogenated alkanes) is 24. The molecular formula is C43H76N+. The van der Waals surface area contributed by atoms with Gasteiger partial charge in [0.05, 0.1) is 19.6 Å². The Bertz CT molecular complexity index is 680. The van der Waals surface area contributed by atoms with Gasteiger partial charge in [0.1, 0.15) is 6.54 Å². The summed E-state index contributed by atoms with van der Waals surface area (Å²) in [5.74, 6) is 0. The third-order valence-electron chi connectivity index (χ3n) is 9.73. The van der Waals surface area contributed by atoms with E-state index >= 15 is 0 Å². The van der Waals surface area contributed by atoms with Crippen molar-refractivity contribution in [2.75, 3.05) is 19.6 Å². The first kappa shape index (κ1) is 40.4. The molecule has 252 valence electrons. The maximum Gasteiger partial charge on any atom is 0.104 e. The van der Waals surface area contributed by atoms with Crippen molar-refractivity contribution < 1.29 is 4.48 Å². The van der Waals surface area contributed by atoms with E-state index in [4.69, 9.17) is 0 Å². The molecule has 0 aliphatic heterocycles. The largest absolute Gasteiger partial charge is 0.320 e. The topological polar surface area (TPSA) is 0 Å². The second-order valence-electron chi connectivity index (χ2n) is 13.9. The zero-order valence-corrected chi connectivity index (χ0v) is 29.6. The van der Waals surface area contributed by atoms with Crippen LogP contribution in [0.25, 0.3) is 0 Å². The summed E-state index contributed by atoms with van der Waals surface area (Å²) in [5.41, 5.74) is 1.55. The van der Waals surface area contributed by atoms with Gasteiger partial charge < -0.3 is 4.48 Å². The molecule has 44 heavy (non-hydrogen) atoms. The minimum absolute atomic E-state index is 1.19. The van der Waals surface area contributed by atoms with Gasteiger partial charge in [0.15, 0.2) is 0 Å². The quantitative estimate of drug-likeness (QED) is 0.0409. The predicted octanol–water partition coefficient (Wildman–Crippen LogP) is 14.1. The summed E-state index contributed by atoms with van der Waals surface area (Å²) in [5, 5.41) is 0. The summed E-state index contributed by atoms with van der Waals surface area (Å²) in [6, 6.07) is 11.5. The van der Waals surface area contributed by atoms with Crippen LogP contribution in [-0.4, -0.2) is 24.1 Å². The maximum atomic E-state index is 3.86. The first-order chi connectivity index (χ1) is 21.8. The smallest absolute Gasteiger partial charge is 0.104 e. The van der Waals surface area contributed by atoms with E-state index in [1.165, 1.54) is 204 Å². The van der Waals surface area contributed by atoms with Crippen LogP contribution in [0.5, 0.6) is 0 Å². The van der Waals surface area contributed by atoms with E-state index < -0.39 is 0 Å². The Hall–Kier alpha value is -1.60. The first-order valence-corrected chi connectivity index (χ1v) is 19.5. The molecule has 0 bridgehead atoms. The number of nitrogens with zero attached hydrogens (tertiary/aromatic N) is 1. The third-order valence-corrected chi connectivity index (χ3v) is 9.73. The van der Waals surface area contributed by atoms with Crippen molar-refractivity contribution in [3.63, 3.8) is 0 Å². The fourth-order valence-electron chi connectivity index (χ4n) is 6.93. The predicted molar refractivity (Wildman–Crippen MR) is 200 cm³/mol. The SMILES string of the molecule is C=CCCCCCCCCCC[N+](CCCCCCCCCCC=C)(CCCCCCCCCCC=C)Cc1ccccc1. The highest BCUT2D eigenvalue weighted by molar-refractivity contribution is 5.13. The molecule has 0 unspecified atom stereocenters. The summed E-state index contributed by atoms with van der Waals surface area (Å²) in [4.78, 5) is 0. The highest BCUT2D eigenvalue weighted by Gasteiger charge is 2.26. The first-order valence-electron chi connectivity index (χ1n) is 19.5. The standard InChI is InChI=1S/C43H76N/c1-4-7-10-13-16-19-22-25-28-34-39-44(42-43-37-32-31-33-38-43,40-35-29-26-23-20-17-14-11-8-5-2)41-36-30-27-24-21-18-15-12-9-6-3/h4-6,31-33,37-38H,1-3,7-30,34-36,39-42H2/q+1. The highest BCUT2D eigenvalue weighted by Crippen LogP contribution is 2.23. The fraction of sp³-hybridized carbons (Fsp3) is 0.721. The molecule has 0 heterocycles. The van der Waals surface area contributed by atoms with E-state index in [1.54, 1.807) is 5.56 Å². The van der Waals surface area contributed by atoms with Crippen LogP contribution < -0.4 is 0 Å². The van der Waals surface area contributed by atoms with Gasteiger partial charge in [0.25, 0.3) is 0 Å². The molecule has 1 aromatic rings. The Kier molecular flexibility index (Phi) is 28.8. The van der Waals surface area contributed by atoms with Crippen LogP contribution in [0, 0.1) is 0 Å². The molecule has 0 N–H and O–H groups in total. The minimum atomic E-state index is 1.19. The molecule has 0 spiro atoms. The average molecular weight is 607 g/mol. The molecule has 0 aliphatic rings. The van der Waals surface area contributed by atoms with Crippen molar-refractivity contribution in [3.05, 3.63) is 73.9 Å². The lowest BCUT2D eigenvalue weighted by molar-refractivity contribution is -0.941. The number of allylic oxidation sites excluding steroid dienone is 3. The van der Waals surface area contributed by atoms with Gasteiger partial charge in [-0.1, -0.05) is 145 Å². The molecule has 0 radical (unpaired) electrons. The Morgan fingerprint density at radius 3 is 0.932 bits per heavy atom. The van der Waals surface area contributed by atoms with Gasteiger partial charge in [0.2, 0.25) is 0 Å². The number of hydrogen-bond donors (Lipinski definition) is 0. The average Bonchev–Trinajstić information content (AvgIpc) is 3.04. The molecule has 0 aromatic heterocycles. The van der Waals surface area contributed by atoms with Crippen molar-refractivity contribution in [1.82, 2.24) is 0 Å². The van der Waals surface area contributed by atoms with Crippen LogP contribution >= 0.6 is 0 Å². The molecule has 0 aliphatic carbocycles. The Morgan fingerprint density at radius 2 is 0.636 bits per heavy atom. The Balaban J connectivity index is 2.59. The van der Waals surface area contributed by atoms with Crippen molar-refractivity contribution in [1.29, 1.82) is 0 Å². The summed E-state index contributed by atoms with van der Waals surface area (Å²) < 4.78 is 1.33. The third kappa shape index (κ3) is 24.7. The lowest BCUT2D eigenvalue weighted by atomic mass is 10.0. The number of benzene rings is 1. The Morgan fingerprint density at radius 1 is 0.364 bits per heavy atom. The van der Waals surface area contributed by atoms with E-state index in [0.717, 1.165) is 0 Å². The van der Waals surface area contributed by atoms with E-state index in [0.29, 0.717) is 0 Å². The Labute approximate surface area is 277 Å². The number of rotatable bonds is 35. The van der Waals surface area contributed by atoms with E-state index in [9.17, 15) is 0 Å². The normalized spacial score (nSPS) is 11.5.